The Morgan fingerprint density at radius 3 is 3.00 bits per heavy atom. The number of aryl methyl sites for hydroxylation is 2. The van der Waals surface area contributed by atoms with Crippen LogP contribution in [0.4, 0.5) is 5.69 Å². The minimum Gasteiger partial charge on any atom is -0.454 e. The predicted molar refractivity (Wildman–Crippen MR) is 99.5 cm³/mol. The van der Waals surface area contributed by atoms with Crippen molar-refractivity contribution < 1.29 is 14.5 Å². The first kappa shape index (κ1) is 17.6. The summed E-state index contributed by atoms with van der Waals surface area (Å²) in [6, 6.07) is 3.51. The van der Waals surface area contributed by atoms with E-state index >= 15 is 0 Å². The number of esters is 1. The van der Waals surface area contributed by atoms with Crippen molar-refractivity contribution >= 4 is 44.8 Å². The molecule has 10 heteroatoms. The van der Waals surface area contributed by atoms with E-state index in [-0.39, 0.29) is 34.3 Å². The molecule has 0 atom stereocenters. The summed E-state index contributed by atoms with van der Waals surface area (Å²) in [6.07, 6.45) is 2.87. The van der Waals surface area contributed by atoms with Crippen molar-refractivity contribution in [2.75, 3.05) is 0 Å². The normalized spacial score (nSPS) is 12.9. The molecule has 0 unspecified atom stereocenters. The molecule has 1 aliphatic rings. The second-order valence-corrected chi connectivity index (χ2v) is 7.54. The Morgan fingerprint density at radius 1 is 1.41 bits per heavy atom. The molecule has 3 aromatic rings. The van der Waals surface area contributed by atoms with Crippen LogP contribution in [0.2, 0.25) is 5.02 Å². The molecule has 1 aliphatic carbocycles. The van der Waals surface area contributed by atoms with Crippen molar-refractivity contribution in [1.82, 2.24) is 9.97 Å². The number of benzene rings is 1. The molecule has 8 nitrogen and oxygen atoms in total. The number of ether oxygens (including phenoxy) is 1. The summed E-state index contributed by atoms with van der Waals surface area (Å²) in [4.78, 5) is 43.7. The average molecular weight is 406 g/mol. The van der Waals surface area contributed by atoms with Crippen molar-refractivity contribution in [3.63, 3.8) is 0 Å². The van der Waals surface area contributed by atoms with Crippen LogP contribution in [0.3, 0.4) is 0 Å². The Bertz CT molecular complexity index is 1150. The van der Waals surface area contributed by atoms with E-state index in [4.69, 9.17) is 16.3 Å². The van der Waals surface area contributed by atoms with Crippen LogP contribution in [-0.2, 0) is 24.2 Å². The summed E-state index contributed by atoms with van der Waals surface area (Å²) >= 11 is 7.41. The van der Waals surface area contributed by atoms with Crippen molar-refractivity contribution in [1.29, 1.82) is 0 Å². The number of carbonyl (C=O) groups excluding carboxylic acids is 1. The number of fused-ring (bicyclic) bond motifs is 3. The number of thiophene rings is 1. The highest BCUT2D eigenvalue weighted by Gasteiger charge is 2.22. The highest BCUT2D eigenvalue weighted by atomic mass is 35.5. The molecule has 0 fully saturated rings. The number of carbonyl (C=O) groups is 1. The predicted octanol–water partition coefficient (Wildman–Crippen LogP) is 3.39. The molecule has 1 N–H and O–H groups in total. The van der Waals surface area contributed by atoms with Gasteiger partial charge in [0.15, 0.2) is 0 Å². The average Bonchev–Trinajstić information content (AvgIpc) is 3.20. The number of halogens is 1. The number of nitrogens with one attached hydrogen (secondary N) is 1. The van der Waals surface area contributed by atoms with Crippen molar-refractivity contribution in [3.05, 3.63) is 65.5 Å². The van der Waals surface area contributed by atoms with E-state index in [1.54, 1.807) is 0 Å². The highest BCUT2D eigenvalue weighted by Crippen LogP contribution is 2.34. The van der Waals surface area contributed by atoms with E-state index in [9.17, 15) is 19.7 Å². The summed E-state index contributed by atoms with van der Waals surface area (Å²) in [5.41, 5.74) is 0.422. The molecule has 0 bridgehead atoms. The van der Waals surface area contributed by atoms with Crippen LogP contribution in [0, 0.1) is 10.1 Å². The monoisotopic (exact) mass is 405 g/mol. The van der Waals surface area contributed by atoms with Crippen LogP contribution in [-0.4, -0.2) is 20.9 Å². The van der Waals surface area contributed by atoms with Crippen LogP contribution < -0.4 is 5.56 Å². The molecule has 0 saturated heterocycles. The summed E-state index contributed by atoms with van der Waals surface area (Å²) in [5.74, 6) is -0.623. The third kappa shape index (κ3) is 3.19. The lowest BCUT2D eigenvalue weighted by Crippen LogP contribution is -2.14. The lowest BCUT2D eigenvalue weighted by atomic mass is 10.2. The fraction of sp³-hybridized carbons (Fsp3) is 0.235. The maximum Gasteiger partial charge on any atom is 0.340 e. The van der Waals surface area contributed by atoms with Gasteiger partial charge in [-0.25, -0.2) is 9.78 Å². The fourth-order valence-corrected chi connectivity index (χ4v) is 4.59. The molecule has 2 heterocycles. The molecular formula is C17H12ClN3O5S. The zero-order valence-corrected chi connectivity index (χ0v) is 15.4. The SMILES string of the molecule is O=C(OCc1nc2sc3c(c2c(=O)[nH]1)CCC3)c1cc([N+](=O)[O-])ccc1Cl. The molecule has 0 amide bonds. The van der Waals surface area contributed by atoms with Crippen molar-refractivity contribution in [2.24, 2.45) is 0 Å². The van der Waals surface area contributed by atoms with E-state index in [1.165, 1.54) is 28.3 Å². The summed E-state index contributed by atoms with van der Waals surface area (Å²) in [5, 5.41) is 11.5. The quantitative estimate of drug-likeness (QED) is 0.404. The number of rotatable bonds is 4. The van der Waals surface area contributed by atoms with Crippen molar-refractivity contribution in [3.8, 4) is 0 Å². The number of nitrogens with zero attached hydrogens (tertiary/aromatic N) is 2. The maximum atomic E-state index is 12.4. The molecule has 27 heavy (non-hydrogen) atoms. The number of aromatic amines is 1. The second kappa shape index (κ2) is 6.75. The van der Waals surface area contributed by atoms with Gasteiger partial charge in [-0.2, -0.15) is 0 Å². The zero-order chi connectivity index (χ0) is 19.1. The van der Waals surface area contributed by atoms with Gasteiger partial charge in [0.25, 0.3) is 11.2 Å². The van der Waals surface area contributed by atoms with Gasteiger partial charge >= 0.3 is 5.97 Å². The van der Waals surface area contributed by atoms with Crippen LogP contribution in [0.5, 0.6) is 0 Å². The number of non-ortho nitro benzene ring substituents is 1. The molecule has 138 valence electrons. The number of aromatic nitrogens is 2. The van der Waals surface area contributed by atoms with Crippen LogP contribution in [0.15, 0.2) is 23.0 Å². The summed E-state index contributed by atoms with van der Waals surface area (Å²) < 4.78 is 5.14. The van der Waals surface area contributed by atoms with E-state index in [0.717, 1.165) is 30.9 Å². The smallest absolute Gasteiger partial charge is 0.340 e. The first-order chi connectivity index (χ1) is 12.9. The second-order valence-electron chi connectivity index (χ2n) is 6.05. The minimum absolute atomic E-state index is 0.0391. The molecule has 2 aromatic heterocycles. The molecule has 0 aliphatic heterocycles. The van der Waals surface area contributed by atoms with E-state index < -0.39 is 10.9 Å². The number of hydrogen-bond acceptors (Lipinski definition) is 7. The van der Waals surface area contributed by atoms with Crippen molar-refractivity contribution in [2.45, 2.75) is 25.9 Å². The Balaban J connectivity index is 1.57. The molecule has 1 aromatic carbocycles. The van der Waals surface area contributed by atoms with Crippen LogP contribution in [0.1, 0.15) is 33.0 Å². The third-order valence-electron chi connectivity index (χ3n) is 4.34. The molecule has 4 rings (SSSR count). The van der Waals surface area contributed by atoms with Gasteiger partial charge in [0.2, 0.25) is 0 Å². The molecular weight excluding hydrogens is 394 g/mol. The van der Waals surface area contributed by atoms with E-state index in [1.807, 2.05) is 0 Å². The highest BCUT2D eigenvalue weighted by molar-refractivity contribution is 7.18. The summed E-state index contributed by atoms with van der Waals surface area (Å²) in [7, 11) is 0. The van der Waals surface area contributed by atoms with Gasteiger partial charge in [0.05, 0.1) is 20.9 Å². The number of H-pyrrole nitrogens is 1. The van der Waals surface area contributed by atoms with Gasteiger partial charge in [0.1, 0.15) is 17.3 Å². The lowest BCUT2D eigenvalue weighted by molar-refractivity contribution is -0.384. The zero-order valence-electron chi connectivity index (χ0n) is 13.8. The Labute approximate surface area is 160 Å². The van der Waals surface area contributed by atoms with Gasteiger partial charge in [-0.1, -0.05) is 11.6 Å². The number of nitro benzene ring substituents is 1. The summed E-state index contributed by atoms with van der Waals surface area (Å²) in [6.45, 7) is -0.272. The number of hydrogen-bond donors (Lipinski definition) is 1. The van der Waals surface area contributed by atoms with Gasteiger partial charge in [0, 0.05) is 17.0 Å². The van der Waals surface area contributed by atoms with Gasteiger partial charge < -0.3 is 9.72 Å². The first-order valence-electron chi connectivity index (χ1n) is 8.08. The standard InChI is InChI=1S/C17H12ClN3O5S/c18-11-5-4-8(21(24)25)6-10(11)17(23)26-7-13-19-15(22)14-9-2-1-3-12(9)27-16(14)20-13/h4-6H,1-3,7H2,(H,19,20,22). The first-order valence-corrected chi connectivity index (χ1v) is 9.28. The van der Waals surface area contributed by atoms with E-state index in [0.29, 0.717) is 10.2 Å². The van der Waals surface area contributed by atoms with E-state index in [2.05, 4.69) is 9.97 Å². The maximum absolute atomic E-state index is 12.4. The fourth-order valence-electron chi connectivity index (χ4n) is 3.11. The van der Waals surface area contributed by atoms with Crippen LogP contribution in [0.25, 0.3) is 10.2 Å². The largest absolute Gasteiger partial charge is 0.454 e. The van der Waals surface area contributed by atoms with Crippen LogP contribution >= 0.6 is 22.9 Å². The van der Waals surface area contributed by atoms with Gasteiger partial charge in [-0.05, 0) is 30.9 Å². The number of nitro groups is 1. The topological polar surface area (TPSA) is 115 Å². The Kier molecular flexibility index (Phi) is 4.40. The minimum atomic E-state index is -0.833. The Morgan fingerprint density at radius 2 is 2.22 bits per heavy atom. The lowest BCUT2D eigenvalue weighted by Gasteiger charge is -2.06. The molecule has 0 radical (unpaired) electrons. The molecule has 0 saturated carbocycles. The third-order valence-corrected chi connectivity index (χ3v) is 5.86. The molecule has 0 spiro atoms. The Hall–Kier alpha value is -2.78. The van der Waals surface area contributed by atoms with Gasteiger partial charge in [-0.15, -0.1) is 11.3 Å². The van der Waals surface area contributed by atoms with Gasteiger partial charge in [-0.3, -0.25) is 14.9 Å².